The van der Waals surface area contributed by atoms with Crippen molar-refractivity contribution >= 4 is 34.5 Å². The van der Waals surface area contributed by atoms with Gasteiger partial charge in [-0.1, -0.05) is 32.0 Å². The van der Waals surface area contributed by atoms with Gasteiger partial charge in [-0.15, -0.1) is 11.3 Å². The van der Waals surface area contributed by atoms with Gasteiger partial charge >= 0.3 is 0 Å². The summed E-state index contributed by atoms with van der Waals surface area (Å²) in [5.74, 6) is -0.498. The van der Waals surface area contributed by atoms with Crippen LogP contribution in [0.4, 0.5) is 11.4 Å². The SMILES string of the molecule is CC(C)C(O)CC(=O)Nc1ccccc1NC(=O)c1cccs1. The first-order valence-corrected chi connectivity index (χ1v) is 8.27. The number of benzene rings is 1. The van der Waals surface area contributed by atoms with Crippen molar-refractivity contribution < 1.29 is 14.7 Å². The summed E-state index contributed by atoms with van der Waals surface area (Å²) in [6.07, 6.45) is -0.673. The fourth-order valence-corrected chi connectivity index (χ4v) is 2.54. The number of thiophene rings is 1. The smallest absolute Gasteiger partial charge is 0.265 e. The molecule has 6 heteroatoms. The van der Waals surface area contributed by atoms with E-state index < -0.39 is 6.10 Å². The second-order valence-electron chi connectivity index (χ2n) is 5.54. The number of anilines is 2. The molecule has 2 rings (SSSR count). The average Bonchev–Trinajstić information content (AvgIpc) is 3.03. The number of carbonyl (C=O) groups is 2. The van der Waals surface area contributed by atoms with Crippen LogP contribution in [0.2, 0.25) is 0 Å². The predicted molar refractivity (Wildman–Crippen MR) is 92.8 cm³/mol. The van der Waals surface area contributed by atoms with Crippen molar-refractivity contribution in [2.45, 2.75) is 26.4 Å². The summed E-state index contributed by atoms with van der Waals surface area (Å²) in [7, 11) is 0. The largest absolute Gasteiger partial charge is 0.392 e. The van der Waals surface area contributed by atoms with Crippen molar-refractivity contribution in [3.8, 4) is 0 Å². The van der Waals surface area contributed by atoms with Crippen molar-refractivity contribution in [2.24, 2.45) is 5.92 Å². The van der Waals surface area contributed by atoms with Crippen molar-refractivity contribution in [1.29, 1.82) is 0 Å². The third-order valence-corrected chi connectivity index (χ3v) is 4.23. The van der Waals surface area contributed by atoms with Crippen LogP contribution in [0, 0.1) is 5.92 Å². The highest BCUT2D eigenvalue weighted by Crippen LogP contribution is 2.23. The quantitative estimate of drug-likeness (QED) is 0.759. The van der Waals surface area contributed by atoms with Gasteiger partial charge in [-0.25, -0.2) is 0 Å². The van der Waals surface area contributed by atoms with Crippen molar-refractivity contribution in [3.05, 3.63) is 46.7 Å². The normalized spacial score (nSPS) is 12.0. The molecule has 0 aliphatic heterocycles. The summed E-state index contributed by atoms with van der Waals surface area (Å²) in [5.41, 5.74) is 1.04. The van der Waals surface area contributed by atoms with Gasteiger partial charge in [0.25, 0.3) is 5.91 Å². The standard InChI is InChI=1S/C17H20N2O3S/c1-11(2)14(20)10-16(21)18-12-6-3-4-7-13(12)19-17(22)15-8-5-9-23-15/h3-9,11,14,20H,10H2,1-2H3,(H,18,21)(H,19,22). The molecule has 0 fully saturated rings. The fourth-order valence-electron chi connectivity index (χ4n) is 1.92. The number of para-hydroxylation sites is 2. The monoisotopic (exact) mass is 332 g/mol. The first kappa shape index (κ1) is 17.2. The lowest BCUT2D eigenvalue weighted by molar-refractivity contribution is -0.118. The number of carbonyl (C=O) groups excluding carboxylic acids is 2. The molecule has 0 aliphatic rings. The average molecular weight is 332 g/mol. The summed E-state index contributed by atoms with van der Waals surface area (Å²) < 4.78 is 0. The molecule has 1 unspecified atom stereocenters. The molecule has 122 valence electrons. The van der Waals surface area contributed by atoms with Gasteiger partial charge in [-0.05, 0) is 29.5 Å². The minimum absolute atomic E-state index is 0.00882. The second-order valence-corrected chi connectivity index (χ2v) is 6.49. The molecule has 1 heterocycles. The minimum atomic E-state index is -0.692. The van der Waals surface area contributed by atoms with Crippen LogP contribution in [0.1, 0.15) is 29.9 Å². The third kappa shape index (κ3) is 4.91. The van der Waals surface area contributed by atoms with Crippen LogP contribution in [0.15, 0.2) is 41.8 Å². The Balaban J connectivity index is 2.05. The maximum absolute atomic E-state index is 12.1. The Kier molecular flexibility index (Phi) is 5.90. The Morgan fingerprint density at radius 2 is 1.74 bits per heavy atom. The zero-order valence-corrected chi connectivity index (χ0v) is 13.9. The summed E-state index contributed by atoms with van der Waals surface area (Å²) in [6, 6.07) is 10.5. The van der Waals surface area contributed by atoms with E-state index in [2.05, 4.69) is 10.6 Å². The molecule has 1 aromatic heterocycles. The molecule has 0 spiro atoms. The van der Waals surface area contributed by atoms with Gasteiger partial charge < -0.3 is 15.7 Å². The molecule has 2 aromatic rings. The third-order valence-electron chi connectivity index (χ3n) is 3.36. The molecule has 23 heavy (non-hydrogen) atoms. The number of hydrogen-bond acceptors (Lipinski definition) is 4. The molecular weight excluding hydrogens is 312 g/mol. The number of nitrogens with one attached hydrogen (secondary N) is 2. The highest BCUT2D eigenvalue weighted by molar-refractivity contribution is 7.12. The van der Waals surface area contributed by atoms with Crippen molar-refractivity contribution in [3.63, 3.8) is 0 Å². The topological polar surface area (TPSA) is 78.4 Å². The molecule has 0 saturated carbocycles. The van der Waals surface area contributed by atoms with E-state index in [-0.39, 0.29) is 24.2 Å². The van der Waals surface area contributed by atoms with Crippen LogP contribution in [0.3, 0.4) is 0 Å². The van der Waals surface area contributed by atoms with Gasteiger partial charge in [0, 0.05) is 0 Å². The molecule has 5 nitrogen and oxygen atoms in total. The van der Waals surface area contributed by atoms with Crippen LogP contribution >= 0.6 is 11.3 Å². The van der Waals surface area contributed by atoms with E-state index in [0.29, 0.717) is 16.3 Å². The van der Waals surface area contributed by atoms with Crippen LogP contribution in [-0.4, -0.2) is 23.0 Å². The Morgan fingerprint density at radius 3 is 2.30 bits per heavy atom. The molecule has 0 saturated heterocycles. The summed E-state index contributed by atoms with van der Waals surface area (Å²) >= 11 is 1.35. The maximum Gasteiger partial charge on any atom is 0.265 e. The molecule has 1 atom stereocenters. The van der Waals surface area contributed by atoms with Crippen LogP contribution in [-0.2, 0) is 4.79 Å². The van der Waals surface area contributed by atoms with Crippen LogP contribution in [0.5, 0.6) is 0 Å². The Labute approximate surface area is 139 Å². The Morgan fingerprint density at radius 1 is 1.09 bits per heavy atom. The number of aliphatic hydroxyl groups is 1. The van der Waals surface area contributed by atoms with Crippen LogP contribution in [0.25, 0.3) is 0 Å². The van der Waals surface area contributed by atoms with Crippen molar-refractivity contribution in [2.75, 3.05) is 10.6 Å². The summed E-state index contributed by atoms with van der Waals surface area (Å²) in [5, 5.41) is 17.1. The van der Waals surface area contributed by atoms with E-state index in [1.807, 2.05) is 19.2 Å². The molecule has 0 aliphatic carbocycles. The number of aliphatic hydroxyl groups excluding tert-OH is 1. The molecule has 0 radical (unpaired) electrons. The fraction of sp³-hybridized carbons (Fsp3) is 0.294. The highest BCUT2D eigenvalue weighted by Gasteiger charge is 2.16. The molecular formula is C17H20N2O3S. The lowest BCUT2D eigenvalue weighted by Crippen LogP contribution is -2.24. The van der Waals surface area contributed by atoms with Gasteiger partial charge in [-0.3, -0.25) is 9.59 Å². The first-order chi connectivity index (χ1) is 11.0. The number of amides is 2. The van der Waals surface area contributed by atoms with E-state index in [1.54, 1.807) is 36.4 Å². The van der Waals surface area contributed by atoms with Gasteiger partial charge in [0.05, 0.1) is 28.8 Å². The van der Waals surface area contributed by atoms with E-state index in [0.717, 1.165) is 0 Å². The van der Waals surface area contributed by atoms with E-state index in [1.165, 1.54) is 11.3 Å². The lowest BCUT2D eigenvalue weighted by Gasteiger charge is -2.15. The zero-order chi connectivity index (χ0) is 16.8. The Bertz CT molecular complexity index is 668. The van der Waals surface area contributed by atoms with Gasteiger partial charge in [0.2, 0.25) is 5.91 Å². The maximum atomic E-state index is 12.1. The predicted octanol–water partition coefficient (Wildman–Crippen LogP) is 3.35. The van der Waals surface area contributed by atoms with Gasteiger partial charge in [-0.2, -0.15) is 0 Å². The lowest BCUT2D eigenvalue weighted by atomic mass is 10.0. The Hall–Kier alpha value is -2.18. The van der Waals surface area contributed by atoms with E-state index >= 15 is 0 Å². The van der Waals surface area contributed by atoms with Crippen LogP contribution < -0.4 is 10.6 Å². The minimum Gasteiger partial charge on any atom is -0.392 e. The molecule has 3 N–H and O–H groups in total. The molecule has 0 bridgehead atoms. The zero-order valence-electron chi connectivity index (χ0n) is 13.1. The molecule has 2 amide bonds. The number of hydrogen-bond donors (Lipinski definition) is 3. The van der Waals surface area contributed by atoms with Gasteiger partial charge in [0.15, 0.2) is 0 Å². The number of rotatable bonds is 6. The highest BCUT2D eigenvalue weighted by atomic mass is 32.1. The van der Waals surface area contributed by atoms with Crippen molar-refractivity contribution in [1.82, 2.24) is 0 Å². The van der Waals surface area contributed by atoms with Gasteiger partial charge in [0.1, 0.15) is 0 Å². The van der Waals surface area contributed by atoms with E-state index in [9.17, 15) is 14.7 Å². The first-order valence-electron chi connectivity index (χ1n) is 7.39. The summed E-state index contributed by atoms with van der Waals surface area (Å²) in [6.45, 7) is 3.71. The van der Waals surface area contributed by atoms with E-state index in [4.69, 9.17) is 0 Å². The second kappa shape index (κ2) is 7.89. The summed E-state index contributed by atoms with van der Waals surface area (Å²) in [4.78, 5) is 24.7. The molecule has 1 aromatic carbocycles.